The van der Waals surface area contributed by atoms with E-state index < -0.39 is 0 Å². The number of rotatable bonds is 6. The summed E-state index contributed by atoms with van der Waals surface area (Å²) in [6, 6.07) is 21.7. The van der Waals surface area contributed by atoms with Crippen LogP contribution in [0, 0.1) is 0 Å². The molecule has 0 aliphatic carbocycles. The highest BCUT2D eigenvalue weighted by molar-refractivity contribution is 5.91. The maximum Gasteiger partial charge on any atom is 0.246 e. The van der Waals surface area contributed by atoms with E-state index >= 15 is 0 Å². The SMILES string of the molecule is CCOc1ccc(-c2ccc(N3CCN(C(=O)/C=C/c4ccccc4)CC3)nn2)cc1. The number of nitrogens with zero attached hydrogens (tertiary/aromatic N) is 4. The Hall–Kier alpha value is -3.67. The number of hydrogen-bond acceptors (Lipinski definition) is 5. The molecule has 158 valence electrons. The molecule has 0 radical (unpaired) electrons. The van der Waals surface area contributed by atoms with Gasteiger partial charge in [-0.3, -0.25) is 4.79 Å². The van der Waals surface area contributed by atoms with E-state index in [1.54, 1.807) is 6.08 Å². The minimum Gasteiger partial charge on any atom is -0.494 e. The first-order chi connectivity index (χ1) is 15.2. The van der Waals surface area contributed by atoms with E-state index in [1.807, 2.05) is 84.6 Å². The number of piperazine rings is 1. The van der Waals surface area contributed by atoms with Crippen molar-refractivity contribution in [3.63, 3.8) is 0 Å². The summed E-state index contributed by atoms with van der Waals surface area (Å²) in [7, 11) is 0. The minimum absolute atomic E-state index is 0.0421. The smallest absolute Gasteiger partial charge is 0.246 e. The molecule has 3 aromatic rings. The van der Waals surface area contributed by atoms with E-state index in [0.717, 1.165) is 41.5 Å². The molecule has 1 aromatic heterocycles. The lowest BCUT2D eigenvalue weighted by Gasteiger charge is -2.34. The van der Waals surface area contributed by atoms with Crippen molar-refractivity contribution in [1.82, 2.24) is 15.1 Å². The topological polar surface area (TPSA) is 58.6 Å². The number of ether oxygens (including phenoxy) is 1. The van der Waals surface area contributed by atoms with Gasteiger partial charge in [-0.25, -0.2) is 0 Å². The Morgan fingerprint density at radius 1 is 0.935 bits per heavy atom. The van der Waals surface area contributed by atoms with E-state index in [-0.39, 0.29) is 5.91 Å². The normalized spacial score (nSPS) is 14.1. The molecule has 2 aromatic carbocycles. The van der Waals surface area contributed by atoms with Crippen LogP contribution < -0.4 is 9.64 Å². The summed E-state index contributed by atoms with van der Waals surface area (Å²) in [6.07, 6.45) is 3.51. The molecule has 1 aliphatic heterocycles. The lowest BCUT2D eigenvalue weighted by molar-refractivity contribution is -0.126. The van der Waals surface area contributed by atoms with Gasteiger partial charge >= 0.3 is 0 Å². The molecule has 0 saturated carbocycles. The van der Waals surface area contributed by atoms with Gasteiger partial charge < -0.3 is 14.5 Å². The molecule has 1 amide bonds. The molecule has 0 spiro atoms. The van der Waals surface area contributed by atoms with Gasteiger partial charge in [-0.2, -0.15) is 0 Å². The summed E-state index contributed by atoms with van der Waals surface area (Å²) < 4.78 is 5.48. The Kier molecular flexibility index (Phi) is 6.57. The lowest BCUT2D eigenvalue weighted by Crippen LogP contribution is -2.48. The Balaban J connectivity index is 1.32. The summed E-state index contributed by atoms with van der Waals surface area (Å²) in [5.41, 5.74) is 2.85. The molecular weight excluding hydrogens is 388 g/mol. The van der Waals surface area contributed by atoms with Gasteiger partial charge in [0.25, 0.3) is 0 Å². The molecule has 0 atom stereocenters. The van der Waals surface area contributed by atoms with Gasteiger partial charge in [0, 0.05) is 37.8 Å². The van der Waals surface area contributed by atoms with Gasteiger partial charge in [0.15, 0.2) is 5.82 Å². The van der Waals surface area contributed by atoms with Crippen LogP contribution in [0.25, 0.3) is 17.3 Å². The van der Waals surface area contributed by atoms with Gasteiger partial charge in [0.2, 0.25) is 5.91 Å². The second kappa shape index (κ2) is 9.89. The highest BCUT2D eigenvalue weighted by atomic mass is 16.5. The zero-order chi connectivity index (χ0) is 21.5. The highest BCUT2D eigenvalue weighted by Crippen LogP contribution is 2.22. The number of hydrogen-bond donors (Lipinski definition) is 0. The van der Waals surface area contributed by atoms with Crippen LogP contribution in [-0.2, 0) is 4.79 Å². The minimum atomic E-state index is 0.0421. The molecule has 0 bridgehead atoms. The summed E-state index contributed by atoms with van der Waals surface area (Å²) in [5.74, 6) is 1.73. The van der Waals surface area contributed by atoms with Gasteiger partial charge in [-0.1, -0.05) is 30.3 Å². The van der Waals surface area contributed by atoms with Crippen LogP contribution in [0.2, 0.25) is 0 Å². The molecular formula is C25H26N4O2. The Labute approximate surface area is 182 Å². The second-order valence-electron chi connectivity index (χ2n) is 7.29. The Morgan fingerprint density at radius 2 is 1.68 bits per heavy atom. The average molecular weight is 415 g/mol. The average Bonchev–Trinajstić information content (AvgIpc) is 2.84. The maximum absolute atomic E-state index is 12.5. The first kappa shape index (κ1) is 20.6. The number of carbonyl (C=O) groups is 1. The first-order valence-electron chi connectivity index (χ1n) is 10.6. The number of carbonyl (C=O) groups excluding carboxylic acids is 1. The summed E-state index contributed by atoms with van der Waals surface area (Å²) >= 11 is 0. The van der Waals surface area contributed by atoms with Crippen molar-refractivity contribution in [2.45, 2.75) is 6.92 Å². The molecule has 4 rings (SSSR count). The van der Waals surface area contributed by atoms with Crippen LogP contribution in [0.5, 0.6) is 5.75 Å². The number of benzene rings is 2. The third-order valence-electron chi connectivity index (χ3n) is 5.24. The maximum atomic E-state index is 12.5. The fourth-order valence-electron chi connectivity index (χ4n) is 3.53. The van der Waals surface area contributed by atoms with Crippen LogP contribution in [0.15, 0.2) is 72.8 Å². The van der Waals surface area contributed by atoms with Crippen molar-refractivity contribution < 1.29 is 9.53 Å². The molecule has 1 aliphatic rings. The number of aromatic nitrogens is 2. The fraction of sp³-hybridized carbons (Fsp3) is 0.240. The van der Waals surface area contributed by atoms with Crippen molar-refractivity contribution in [3.8, 4) is 17.0 Å². The van der Waals surface area contributed by atoms with Crippen LogP contribution in [0.3, 0.4) is 0 Å². The van der Waals surface area contributed by atoms with Gasteiger partial charge in [-0.05, 0) is 55.0 Å². The van der Waals surface area contributed by atoms with E-state index in [2.05, 4.69) is 15.1 Å². The largest absolute Gasteiger partial charge is 0.494 e. The van der Waals surface area contributed by atoms with Gasteiger partial charge in [0.1, 0.15) is 5.75 Å². The van der Waals surface area contributed by atoms with Crippen LogP contribution in [-0.4, -0.2) is 53.8 Å². The molecule has 2 heterocycles. The summed E-state index contributed by atoms with van der Waals surface area (Å²) in [6.45, 7) is 5.43. The van der Waals surface area contributed by atoms with Gasteiger partial charge in [-0.15, -0.1) is 10.2 Å². The predicted molar refractivity (Wildman–Crippen MR) is 123 cm³/mol. The molecule has 6 nitrogen and oxygen atoms in total. The van der Waals surface area contributed by atoms with Crippen molar-refractivity contribution in [2.24, 2.45) is 0 Å². The van der Waals surface area contributed by atoms with E-state index in [0.29, 0.717) is 19.7 Å². The van der Waals surface area contributed by atoms with E-state index in [1.165, 1.54) is 0 Å². The van der Waals surface area contributed by atoms with Crippen molar-refractivity contribution >= 4 is 17.8 Å². The molecule has 0 N–H and O–H groups in total. The predicted octanol–water partition coefficient (Wildman–Crippen LogP) is 3.90. The van der Waals surface area contributed by atoms with Crippen molar-refractivity contribution in [2.75, 3.05) is 37.7 Å². The number of anilines is 1. The lowest BCUT2D eigenvalue weighted by atomic mass is 10.1. The Bertz CT molecular complexity index is 1010. The molecule has 0 unspecified atom stereocenters. The zero-order valence-electron chi connectivity index (χ0n) is 17.6. The van der Waals surface area contributed by atoms with Crippen LogP contribution >= 0.6 is 0 Å². The summed E-state index contributed by atoms with van der Waals surface area (Å²) in [4.78, 5) is 16.5. The third-order valence-corrected chi connectivity index (χ3v) is 5.24. The standard InChI is InChI=1S/C25H26N4O2/c1-2-31-22-11-9-21(10-12-22)23-13-14-24(27-26-23)28-16-18-29(19-17-28)25(30)15-8-20-6-4-3-5-7-20/h3-15H,2,16-19H2,1H3/b15-8+. The monoisotopic (exact) mass is 414 g/mol. The van der Waals surface area contributed by atoms with Gasteiger partial charge in [0.05, 0.1) is 12.3 Å². The van der Waals surface area contributed by atoms with E-state index in [4.69, 9.17) is 4.74 Å². The molecule has 1 fully saturated rings. The molecule has 6 heteroatoms. The zero-order valence-corrected chi connectivity index (χ0v) is 17.6. The second-order valence-corrected chi connectivity index (χ2v) is 7.29. The van der Waals surface area contributed by atoms with Crippen molar-refractivity contribution in [3.05, 3.63) is 78.4 Å². The molecule has 31 heavy (non-hydrogen) atoms. The third kappa shape index (κ3) is 5.28. The molecule has 1 saturated heterocycles. The van der Waals surface area contributed by atoms with Crippen LogP contribution in [0.1, 0.15) is 12.5 Å². The van der Waals surface area contributed by atoms with E-state index in [9.17, 15) is 4.79 Å². The fourth-order valence-corrected chi connectivity index (χ4v) is 3.53. The highest BCUT2D eigenvalue weighted by Gasteiger charge is 2.20. The van der Waals surface area contributed by atoms with Crippen molar-refractivity contribution in [1.29, 1.82) is 0 Å². The summed E-state index contributed by atoms with van der Waals surface area (Å²) in [5, 5.41) is 8.80. The number of amides is 1. The van der Waals surface area contributed by atoms with Crippen LogP contribution in [0.4, 0.5) is 5.82 Å². The Morgan fingerprint density at radius 3 is 2.32 bits per heavy atom. The first-order valence-corrected chi connectivity index (χ1v) is 10.6. The quantitative estimate of drug-likeness (QED) is 0.573.